The highest BCUT2D eigenvalue weighted by Gasteiger charge is 2.35. The van der Waals surface area contributed by atoms with Crippen LogP contribution in [0.5, 0.6) is 0 Å². The number of piperazine rings is 1. The van der Waals surface area contributed by atoms with E-state index in [1.807, 2.05) is 29.5 Å². The average Bonchev–Trinajstić information content (AvgIpc) is 3.55. The Labute approximate surface area is 235 Å². The van der Waals surface area contributed by atoms with Crippen LogP contribution < -0.4 is 4.90 Å². The van der Waals surface area contributed by atoms with Crippen molar-refractivity contribution >= 4 is 18.2 Å². The molecule has 5 heterocycles. The van der Waals surface area contributed by atoms with Gasteiger partial charge in [-0.05, 0) is 19.9 Å². The molecule has 0 spiro atoms. The molecule has 2 fully saturated rings. The number of benzene rings is 1. The first-order chi connectivity index (χ1) is 19.9. The van der Waals surface area contributed by atoms with Crippen molar-refractivity contribution in [1.29, 1.82) is 5.26 Å². The van der Waals surface area contributed by atoms with E-state index >= 15 is 4.39 Å². The monoisotopic (exact) mass is 561 g/mol. The lowest BCUT2D eigenvalue weighted by Crippen LogP contribution is -2.52. The second kappa shape index (κ2) is 10.9. The summed E-state index contributed by atoms with van der Waals surface area (Å²) in [6, 6.07) is 5.46. The summed E-state index contributed by atoms with van der Waals surface area (Å²) >= 11 is 0. The van der Waals surface area contributed by atoms with Crippen LogP contribution in [0.3, 0.4) is 0 Å². The Morgan fingerprint density at radius 1 is 1.17 bits per heavy atom. The molecule has 1 aromatic carbocycles. The number of anilines is 1. The molecule has 3 aliphatic heterocycles. The molecule has 0 aliphatic carbocycles. The summed E-state index contributed by atoms with van der Waals surface area (Å²) in [4.78, 5) is 25.8. The van der Waals surface area contributed by atoms with Gasteiger partial charge in [-0.1, -0.05) is 12.1 Å². The Kier molecular flexibility index (Phi) is 7.08. The number of nitriles is 1. The van der Waals surface area contributed by atoms with Crippen molar-refractivity contribution in [3.8, 4) is 17.3 Å². The number of hydrazone groups is 1. The number of carbonyl (C=O) groups is 1. The molecule has 212 valence electrons. The summed E-state index contributed by atoms with van der Waals surface area (Å²) in [6.07, 6.45) is 3.11. The van der Waals surface area contributed by atoms with Gasteiger partial charge in [0.15, 0.2) is 5.82 Å². The fourth-order valence-corrected chi connectivity index (χ4v) is 5.53. The van der Waals surface area contributed by atoms with Gasteiger partial charge in [0.25, 0.3) is 0 Å². The molecular formula is C28H29F2N9O2. The molecule has 2 amide bonds. The van der Waals surface area contributed by atoms with Crippen LogP contribution in [0.4, 0.5) is 19.5 Å². The number of hydrogen-bond donors (Lipinski definition) is 0. The van der Waals surface area contributed by atoms with Crippen LogP contribution in [-0.2, 0) is 11.3 Å². The van der Waals surface area contributed by atoms with E-state index in [1.54, 1.807) is 23.2 Å². The fraction of sp³-hybridized carbons (Fsp3) is 0.429. The molecule has 6 rings (SSSR count). The Morgan fingerprint density at radius 2 is 1.95 bits per heavy atom. The van der Waals surface area contributed by atoms with Gasteiger partial charge in [0, 0.05) is 68.1 Å². The number of rotatable bonds is 5. The van der Waals surface area contributed by atoms with Gasteiger partial charge in [0.2, 0.25) is 5.95 Å². The molecule has 0 bridgehead atoms. The molecule has 0 radical (unpaired) electrons. The molecule has 2 aromatic heterocycles. The molecule has 0 N–H and O–H groups in total. The van der Waals surface area contributed by atoms with E-state index in [4.69, 9.17) is 4.74 Å². The van der Waals surface area contributed by atoms with Gasteiger partial charge >= 0.3 is 6.03 Å². The van der Waals surface area contributed by atoms with E-state index in [2.05, 4.69) is 20.2 Å². The molecule has 3 aliphatic rings. The minimum Gasteiger partial charge on any atom is -0.381 e. The van der Waals surface area contributed by atoms with Crippen LogP contribution in [-0.4, -0.2) is 81.3 Å². The number of aromatic nitrogens is 4. The van der Waals surface area contributed by atoms with Gasteiger partial charge in [0.1, 0.15) is 17.6 Å². The predicted octanol–water partition coefficient (Wildman–Crippen LogP) is 3.43. The fourth-order valence-electron chi connectivity index (χ4n) is 5.53. The zero-order valence-electron chi connectivity index (χ0n) is 22.8. The molecule has 2 saturated heterocycles. The molecule has 0 saturated carbocycles. The maximum absolute atomic E-state index is 15.0. The first-order valence-electron chi connectivity index (χ1n) is 13.5. The second-order valence-corrected chi connectivity index (χ2v) is 10.5. The number of hydrogen-bond acceptors (Lipinski definition) is 8. The lowest BCUT2D eigenvalue weighted by atomic mass is 10.0. The minimum absolute atomic E-state index is 0.0696. The Balaban J connectivity index is 1.15. The van der Waals surface area contributed by atoms with Crippen molar-refractivity contribution in [1.82, 2.24) is 29.7 Å². The van der Waals surface area contributed by atoms with Crippen molar-refractivity contribution in [2.45, 2.75) is 32.9 Å². The van der Waals surface area contributed by atoms with Gasteiger partial charge in [-0.15, -0.1) is 0 Å². The number of amides is 2. The average molecular weight is 562 g/mol. The summed E-state index contributed by atoms with van der Waals surface area (Å²) in [5.74, 6) is -0.384. The van der Waals surface area contributed by atoms with Gasteiger partial charge in [0.05, 0.1) is 36.7 Å². The molecule has 0 unspecified atom stereocenters. The number of urea groups is 1. The summed E-state index contributed by atoms with van der Waals surface area (Å²) < 4.78 is 37.0. The Morgan fingerprint density at radius 3 is 2.66 bits per heavy atom. The van der Waals surface area contributed by atoms with E-state index in [0.29, 0.717) is 75.5 Å². The highest BCUT2D eigenvalue weighted by Crippen LogP contribution is 2.33. The predicted molar refractivity (Wildman–Crippen MR) is 145 cm³/mol. The Hall–Kier alpha value is -4.44. The maximum atomic E-state index is 15.0. The SMILES string of the molecule is Cc1nn(CC2COC2)c(C)c1-c1nc(N2CCN(C(=O)N3N=CC[C@H]3c3cccc(C#N)c3F)CC2)ncc1F. The van der Waals surface area contributed by atoms with Crippen LogP contribution in [0.1, 0.15) is 35.0 Å². The first-order valence-corrected chi connectivity index (χ1v) is 13.5. The van der Waals surface area contributed by atoms with Crippen molar-refractivity contribution in [2.75, 3.05) is 44.3 Å². The van der Waals surface area contributed by atoms with Crippen LogP contribution in [0.15, 0.2) is 29.5 Å². The molecular weight excluding hydrogens is 532 g/mol. The van der Waals surface area contributed by atoms with E-state index in [-0.39, 0.29) is 22.9 Å². The summed E-state index contributed by atoms with van der Waals surface area (Å²) in [7, 11) is 0. The molecule has 1 atom stereocenters. The van der Waals surface area contributed by atoms with E-state index in [9.17, 15) is 14.4 Å². The van der Waals surface area contributed by atoms with Gasteiger partial charge in [-0.3, -0.25) is 4.68 Å². The van der Waals surface area contributed by atoms with E-state index < -0.39 is 17.7 Å². The minimum atomic E-state index is -0.634. The quantitative estimate of drug-likeness (QED) is 0.469. The van der Waals surface area contributed by atoms with Crippen LogP contribution >= 0.6 is 0 Å². The second-order valence-electron chi connectivity index (χ2n) is 10.5. The lowest BCUT2D eigenvalue weighted by Gasteiger charge is -2.37. The topological polar surface area (TPSA) is 116 Å². The number of nitrogens with zero attached hydrogens (tertiary/aromatic N) is 9. The van der Waals surface area contributed by atoms with E-state index in [0.717, 1.165) is 5.69 Å². The molecule has 13 heteroatoms. The van der Waals surface area contributed by atoms with Crippen molar-refractivity contribution in [2.24, 2.45) is 11.0 Å². The van der Waals surface area contributed by atoms with Gasteiger partial charge in [-0.25, -0.2) is 28.6 Å². The third-order valence-corrected chi connectivity index (χ3v) is 7.85. The normalized spacial score (nSPS) is 19.0. The number of carbonyl (C=O) groups excluding carboxylic acids is 1. The van der Waals surface area contributed by atoms with Crippen molar-refractivity contribution < 1.29 is 18.3 Å². The Bertz CT molecular complexity index is 1550. The smallest absolute Gasteiger partial charge is 0.341 e. The highest BCUT2D eigenvalue weighted by atomic mass is 19.1. The summed E-state index contributed by atoms with van der Waals surface area (Å²) in [5, 5.41) is 19.3. The largest absolute Gasteiger partial charge is 0.381 e. The number of aryl methyl sites for hydroxylation is 1. The zero-order valence-corrected chi connectivity index (χ0v) is 22.8. The zero-order chi connectivity index (χ0) is 28.7. The third kappa shape index (κ3) is 4.88. The van der Waals surface area contributed by atoms with Crippen LogP contribution in [0, 0.1) is 42.7 Å². The third-order valence-electron chi connectivity index (χ3n) is 7.85. The van der Waals surface area contributed by atoms with Crippen LogP contribution in [0.2, 0.25) is 0 Å². The van der Waals surface area contributed by atoms with Crippen molar-refractivity contribution in [3.63, 3.8) is 0 Å². The van der Waals surface area contributed by atoms with Gasteiger partial charge < -0.3 is 14.5 Å². The van der Waals surface area contributed by atoms with Crippen LogP contribution in [0.25, 0.3) is 11.3 Å². The number of halogens is 2. The molecule has 3 aromatic rings. The molecule has 11 nitrogen and oxygen atoms in total. The summed E-state index contributed by atoms with van der Waals surface area (Å²) in [5.41, 5.74) is 2.59. The lowest BCUT2D eigenvalue weighted by molar-refractivity contribution is -0.0411. The molecule has 41 heavy (non-hydrogen) atoms. The standard InChI is InChI=1S/C28H29F2N9O2/c1-17-24(18(2)38(35-17)14-19-15-41-16-19)26-22(29)13-32-27(34-26)36-8-10-37(11-9-36)28(40)39-23(6-7-33-39)21-5-3-4-20(12-31)25(21)30/h3-5,7,13,19,23H,6,8-11,14-16H2,1-2H3/t23-/m0/s1. The first kappa shape index (κ1) is 26.8. The van der Waals surface area contributed by atoms with Gasteiger partial charge in [-0.2, -0.15) is 15.5 Å². The highest BCUT2D eigenvalue weighted by molar-refractivity contribution is 5.79. The number of ether oxygens (including phenoxy) is 1. The van der Waals surface area contributed by atoms with E-state index in [1.165, 1.54) is 17.3 Å². The maximum Gasteiger partial charge on any atom is 0.341 e. The summed E-state index contributed by atoms with van der Waals surface area (Å²) in [6.45, 7) is 7.43. The van der Waals surface area contributed by atoms with Crippen molar-refractivity contribution in [3.05, 3.63) is 58.5 Å².